The van der Waals surface area contributed by atoms with Crippen molar-refractivity contribution < 1.29 is 0 Å². The van der Waals surface area contributed by atoms with Gasteiger partial charge in [-0.1, -0.05) is 6.07 Å². The van der Waals surface area contributed by atoms with Crippen LogP contribution in [0.25, 0.3) is 5.65 Å². The molecule has 3 rings (SSSR count). The van der Waals surface area contributed by atoms with Crippen LogP contribution in [0.4, 0.5) is 5.69 Å². The van der Waals surface area contributed by atoms with Gasteiger partial charge < -0.3 is 5.73 Å². The lowest BCUT2D eigenvalue weighted by atomic mass is 10.4. The predicted molar refractivity (Wildman–Crippen MR) is 65.8 cm³/mol. The minimum absolute atomic E-state index is 0.644. The molecule has 0 bridgehead atoms. The molecule has 0 aliphatic heterocycles. The molecule has 0 radical (unpaired) electrons. The SMILES string of the molecule is Nc1cnccc1Sc1nnc2ccccn12. The first-order valence-corrected chi connectivity index (χ1v) is 5.83. The van der Waals surface area contributed by atoms with Gasteiger partial charge in [0, 0.05) is 17.3 Å². The van der Waals surface area contributed by atoms with Gasteiger partial charge in [-0.2, -0.15) is 0 Å². The summed E-state index contributed by atoms with van der Waals surface area (Å²) in [5, 5.41) is 9.00. The summed E-state index contributed by atoms with van der Waals surface area (Å²) >= 11 is 1.47. The van der Waals surface area contributed by atoms with Crippen molar-refractivity contribution in [1.29, 1.82) is 0 Å². The standard InChI is InChI=1S/C11H9N5S/c12-8-7-13-5-4-9(8)17-11-15-14-10-3-1-2-6-16(10)11/h1-7H,12H2. The Morgan fingerprint density at radius 3 is 3.00 bits per heavy atom. The van der Waals surface area contributed by atoms with E-state index in [4.69, 9.17) is 5.73 Å². The highest BCUT2D eigenvalue weighted by atomic mass is 32.2. The highest BCUT2D eigenvalue weighted by molar-refractivity contribution is 7.99. The van der Waals surface area contributed by atoms with E-state index in [0.717, 1.165) is 15.7 Å². The summed E-state index contributed by atoms with van der Waals surface area (Å²) in [6.45, 7) is 0. The number of anilines is 1. The number of nitrogen functional groups attached to an aromatic ring is 1. The van der Waals surface area contributed by atoms with Gasteiger partial charge in [-0.05, 0) is 30.0 Å². The monoisotopic (exact) mass is 243 g/mol. The van der Waals surface area contributed by atoms with Gasteiger partial charge >= 0.3 is 0 Å². The molecule has 0 saturated heterocycles. The second-order valence-electron chi connectivity index (χ2n) is 3.43. The molecule has 84 valence electrons. The zero-order valence-electron chi connectivity index (χ0n) is 8.82. The maximum atomic E-state index is 5.84. The van der Waals surface area contributed by atoms with Gasteiger partial charge in [-0.15, -0.1) is 10.2 Å². The molecule has 0 aliphatic rings. The van der Waals surface area contributed by atoms with E-state index in [0.29, 0.717) is 5.69 Å². The van der Waals surface area contributed by atoms with Crippen LogP contribution in [-0.2, 0) is 0 Å². The quantitative estimate of drug-likeness (QED) is 0.744. The van der Waals surface area contributed by atoms with Crippen LogP contribution < -0.4 is 5.73 Å². The van der Waals surface area contributed by atoms with E-state index in [-0.39, 0.29) is 0 Å². The Balaban J connectivity index is 2.03. The molecule has 0 saturated carbocycles. The summed E-state index contributed by atoms with van der Waals surface area (Å²) in [5.74, 6) is 0. The van der Waals surface area contributed by atoms with Gasteiger partial charge in [0.05, 0.1) is 11.9 Å². The number of hydrogen-bond donors (Lipinski definition) is 1. The van der Waals surface area contributed by atoms with E-state index in [1.165, 1.54) is 11.8 Å². The summed E-state index contributed by atoms with van der Waals surface area (Å²) in [4.78, 5) is 4.88. The maximum absolute atomic E-state index is 5.84. The van der Waals surface area contributed by atoms with Crippen LogP contribution in [0.3, 0.4) is 0 Å². The van der Waals surface area contributed by atoms with Crippen molar-refractivity contribution in [2.24, 2.45) is 0 Å². The second-order valence-corrected chi connectivity index (χ2v) is 4.44. The molecule has 0 aromatic carbocycles. The molecule has 3 aromatic heterocycles. The zero-order valence-corrected chi connectivity index (χ0v) is 9.63. The molecule has 0 amide bonds. The van der Waals surface area contributed by atoms with E-state index >= 15 is 0 Å². The summed E-state index contributed by atoms with van der Waals surface area (Å²) in [6, 6.07) is 7.65. The average Bonchev–Trinajstić information content (AvgIpc) is 2.76. The molecule has 0 fully saturated rings. The third-order valence-electron chi connectivity index (χ3n) is 2.29. The Morgan fingerprint density at radius 1 is 1.18 bits per heavy atom. The molecule has 2 N–H and O–H groups in total. The minimum atomic E-state index is 0.644. The maximum Gasteiger partial charge on any atom is 0.200 e. The van der Waals surface area contributed by atoms with Crippen LogP contribution in [0, 0.1) is 0 Å². The van der Waals surface area contributed by atoms with Gasteiger partial charge in [0.1, 0.15) is 0 Å². The lowest BCUT2D eigenvalue weighted by Crippen LogP contribution is -1.91. The van der Waals surface area contributed by atoms with Gasteiger partial charge in [-0.25, -0.2) is 0 Å². The third kappa shape index (κ3) is 1.83. The minimum Gasteiger partial charge on any atom is -0.397 e. The van der Waals surface area contributed by atoms with E-state index in [1.54, 1.807) is 12.4 Å². The Kier molecular flexibility index (Phi) is 2.41. The fourth-order valence-corrected chi connectivity index (χ4v) is 2.30. The zero-order chi connectivity index (χ0) is 11.7. The van der Waals surface area contributed by atoms with E-state index in [1.807, 2.05) is 34.9 Å². The number of nitrogens with zero attached hydrogens (tertiary/aromatic N) is 4. The van der Waals surface area contributed by atoms with Gasteiger partial charge in [0.25, 0.3) is 0 Å². The predicted octanol–water partition coefficient (Wildman–Crippen LogP) is 1.86. The van der Waals surface area contributed by atoms with Crippen LogP contribution in [0.1, 0.15) is 0 Å². The lowest BCUT2D eigenvalue weighted by Gasteiger charge is -2.02. The largest absolute Gasteiger partial charge is 0.397 e. The number of nitrogens with two attached hydrogens (primary N) is 1. The second kappa shape index (κ2) is 4.06. The first-order chi connectivity index (χ1) is 8.34. The molecule has 6 heteroatoms. The molecule has 0 aliphatic carbocycles. The van der Waals surface area contributed by atoms with Crippen molar-refractivity contribution in [3.8, 4) is 0 Å². The number of aromatic nitrogens is 4. The fourth-order valence-electron chi connectivity index (χ4n) is 1.47. The van der Waals surface area contributed by atoms with Gasteiger partial charge in [0.15, 0.2) is 5.65 Å². The molecular formula is C11H9N5S. The summed E-state index contributed by atoms with van der Waals surface area (Å²) in [6.07, 6.45) is 5.27. The van der Waals surface area contributed by atoms with Crippen molar-refractivity contribution in [1.82, 2.24) is 19.6 Å². The number of fused-ring (bicyclic) bond motifs is 1. The van der Waals surface area contributed by atoms with Crippen LogP contribution in [0.5, 0.6) is 0 Å². The van der Waals surface area contributed by atoms with Gasteiger partial charge in [0.2, 0.25) is 5.16 Å². The Labute approximate surface area is 102 Å². The molecule has 17 heavy (non-hydrogen) atoms. The van der Waals surface area contributed by atoms with Crippen molar-refractivity contribution in [3.05, 3.63) is 42.9 Å². The first kappa shape index (κ1) is 10.1. The van der Waals surface area contributed by atoms with Crippen LogP contribution in [-0.4, -0.2) is 19.6 Å². The van der Waals surface area contributed by atoms with Crippen molar-refractivity contribution >= 4 is 23.1 Å². The highest BCUT2D eigenvalue weighted by Gasteiger charge is 2.08. The molecule has 5 nitrogen and oxygen atoms in total. The first-order valence-electron chi connectivity index (χ1n) is 5.02. The number of pyridine rings is 2. The summed E-state index contributed by atoms with van der Waals surface area (Å²) in [5.41, 5.74) is 7.31. The van der Waals surface area contributed by atoms with Crippen LogP contribution in [0.2, 0.25) is 0 Å². The van der Waals surface area contributed by atoms with E-state index in [9.17, 15) is 0 Å². The van der Waals surface area contributed by atoms with Crippen LogP contribution >= 0.6 is 11.8 Å². The normalized spacial score (nSPS) is 10.8. The van der Waals surface area contributed by atoms with Crippen molar-refractivity contribution in [2.45, 2.75) is 10.1 Å². The van der Waals surface area contributed by atoms with Crippen molar-refractivity contribution in [2.75, 3.05) is 5.73 Å². The molecular weight excluding hydrogens is 234 g/mol. The Bertz CT molecular complexity index is 664. The number of rotatable bonds is 2. The lowest BCUT2D eigenvalue weighted by molar-refractivity contribution is 0.921. The van der Waals surface area contributed by atoms with Gasteiger partial charge in [-0.3, -0.25) is 9.38 Å². The average molecular weight is 243 g/mol. The molecule has 3 heterocycles. The Hall–Kier alpha value is -2.08. The van der Waals surface area contributed by atoms with Crippen molar-refractivity contribution in [3.63, 3.8) is 0 Å². The van der Waals surface area contributed by atoms with Crippen LogP contribution in [0.15, 0.2) is 52.9 Å². The Morgan fingerprint density at radius 2 is 2.12 bits per heavy atom. The smallest absolute Gasteiger partial charge is 0.200 e. The summed E-state index contributed by atoms with van der Waals surface area (Å²) in [7, 11) is 0. The summed E-state index contributed by atoms with van der Waals surface area (Å²) < 4.78 is 1.92. The topological polar surface area (TPSA) is 69.1 Å². The van der Waals surface area contributed by atoms with E-state index in [2.05, 4.69) is 15.2 Å². The third-order valence-corrected chi connectivity index (χ3v) is 3.35. The molecule has 0 unspecified atom stereocenters. The molecule has 3 aromatic rings. The molecule has 0 spiro atoms. The fraction of sp³-hybridized carbons (Fsp3) is 0. The van der Waals surface area contributed by atoms with E-state index < -0.39 is 0 Å². The molecule has 0 atom stereocenters. The highest BCUT2D eigenvalue weighted by Crippen LogP contribution is 2.29. The number of hydrogen-bond acceptors (Lipinski definition) is 5.